The molecule has 2 nitrogen and oxygen atoms in total. The van der Waals surface area contributed by atoms with E-state index in [0.29, 0.717) is 0 Å². The topological polar surface area (TPSA) is 38.0 Å². The largest absolute Gasteiger partial charge is 0.327 e. The molecule has 0 spiro atoms. The standard InChI is InChI=1S/C21H44N2/c1-3-4-5-6-7-8-9-10-11-12-13-14-15-16-17-18-19-23-20-21(2)22/h10-11,21,23H,3-9,12-20,22H2,1-2H3/b11-10-. The summed E-state index contributed by atoms with van der Waals surface area (Å²) in [6.07, 6.45) is 24.0. The molecule has 0 aromatic heterocycles. The van der Waals surface area contributed by atoms with Crippen molar-refractivity contribution in [3.63, 3.8) is 0 Å². The summed E-state index contributed by atoms with van der Waals surface area (Å²) >= 11 is 0. The van der Waals surface area contributed by atoms with E-state index in [1.54, 1.807) is 0 Å². The lowest BCUT2D eigenvalue weighted by molar-refractivity contribution is 0.548. The van der Waals surface area contributed by atoms with Crippen LogP contribution in [0.3, 0.4) is 0 Å². The molecule has 0 aliphatic carbocycles. The molecule has 0 aliphatic rings. The van der Waals surface area contributed by atoms with Crippen LogP contribution in [0.2, 0.25) is 0 Å². The van der Waals surface area contributed by atoms with E-state index in [1.165, 1.54) is 89.9 Å². The number of nitrogens with one attached hydrogen (secondary N) is 1. The first-order chi connectivity index (χ1) is 11.3. The molecule has 23 heavy (non-hydrogen) atoms. The average Bonchev–Trinajstić information content (AvgIpc) is 2.53. The highest BCUT2D eigenvalue weighted by Gasteiger charge is 1.94. The Morgan fingerprint density at radius 1 is 0.739 bits per heavy atom. The molecule has 0 heterocycles. The summed E-state index contributed by atoms with van der Waals surface area (Å²) < 4.78 is 0. The zero-order valence-corrected chi connectivity index (χ0v) is 16.1. The van der Waals surface area contributed by atoms with Gasteiger partial charge in [0.15, 0.2) is 0 Å². The summed E-state index contributed by atoms with van der Waals surface area (Å²) in [6, 6.07) is 0.282. The Labute approximate surface area is 146 Å². The van der Waals surface area contributed by atoms with Crippen molar-refractivity contribution < 1.29 is 0 Å². The normalized spacial score (nSPS) is 13.0. The fourth-order valence-electron chi connectivity index (χ4n) is 2.83. The zero-order chi connectivity index (χ0) is 17.0. The van der Waals surface area contributed by atoms with Crippen LogP contribution in [0.25, 0.3) is 0 Å². The van der Waals surface area contributed by atoms with Gasteiger partial charge in [-0.15, -0.1) is 0 Å². The fourth-order valence-corrected chi connectivity index (χ4v) is 2.83. The molecular formula is C21H44N2. The minimum atomic E-state index is 0.282. The fraction of sp³-hybridized carbons (Fsp3) is 0.905. The molecule has 0 aromatic rings. The summed E-state index contributed by atoms with van der Waals surface area (Å²) in [6.45, 7) is 6.41. The first kappa shape index (κ1) is 22.7. The predicted molar refractivity (Wildman–Crippen MR) is 106 cm³/mol. The van der Waals surface area contributed by atoms with E-state index in [9.17, 15) is 0 Å². The van der Waals surface area contributed by atoms with Crippen LogP contribution in [0, 0.1) is 0 Å². The molecular weight excluding hydrogens is 280 g/mol. The third kappa shape index (κ3) is 21.7. The van der Waals surface area contributed by atoms with Crippen LogP contribution in [-0.4, -0.2) is 19.1 Å². The van der Waals surface area contributed by atoms with Gasteiger partial charge in [-0.2, -0.15) is 0 Å². The Morgan fingerprint density at radius 2 is 1.22 bits per heavy atom. The lowest BCUT2D eigenvalue weighted by Crippen LogP contribution is -2.31. The highest BCUT2D eigenvalue weighted by Crippen LogP contribution is 2.09. The monoisotopic (exact) mass is 324 g/mol. The van der Waals surface area contributed by atoms with Gasteiger partial charge in [0.2, 0.25) is 0 Å². The van der Waals surface area contributed by atoms with E-state index in [-0.39, 0.29) is 6.04 Å². The maximum atomic E-state index is 5.70. The van der Waals surface area contributed by atoms with E-state index >= 15 is 0 Å². The van der Waals surface area contributed by atoms with Gasteiger partial charge in [-0.05, 0) is 45.6 Å². The third-order valence-corrected chi connectivity index (χ3v) is 4.33. The Hall–Kier alpha value is -0.340. The predicted octanol–water partition coefficient (Wildman–Crippen LogP) is 5.96. The van der Waals surface area contributed by atoms with Crippen LogP contribution >= 0.6 is 0 Å². The smallest absolute Gasteiger partial charge is 0.0136 e. The van der Waals surface area contributed by atoms with Crippen LogP contribution in [0.5, 0.6) is 0 Å². The second kappa shape index (κ2) is 19.7. The van der Waals surface area contributed by atoms with Crippen molar-refractivity contribution in [3.8, 4) is 0 Å². The Kier molecular flexibility index (Phi) is 19.4. The SMILES string of the molecule is CCCCCCCC/C=C\CCCCCCCCNCC(C)N. The quantitative estimate of drug-likeness (QED) is 0.241. The number of allylic oxidation sites excluding steroid dienone is 2. The van der Waals surface area contributed by atoms with E-state index in [0.717, 1.165) is 13.1 Å². The molecule has 0 aromatic carbocycles. The molecule has 3 N–H and O–H groups in total. The van der Waals surface area contributed by atoms with Crippen molar-refractivity contribution in [3.05, 3.63) is 12.2 Å². The first-order valence-corrected chi connectivity index (χ1v) is 10.4. The molecule has 0 amide bonds. The highest BCUT2D eigenvalue weighted by molar-refractivity contribution is 4.81. The van der Waals surface area contributed by atoms with Gasteiger partial charge in [0.1, 0.15) is 0 Å². The zero-order valence-electron chi connectivity index (χ0n) is 16.1. The van der Waals surface area contributed by atoms with E-state index in [2.05, 4.69) is 31.3 Å². The highest BCUT2D eigenvalue weighted by atomic mass is 14.9. The molecule has 0 bridgehead atoms. The molecule has 2 heteroatoms. The maximum absolute atomic E-state index is 5.70. The molecule has 0 rings (SSSR count). The third-order valence-electron chi connectivity index (χ3n) is 4.33. The minimum absolute atomic E-state index is 0.282. The second-order valence-electron chi connectivity index (χ2n) is 7.12. The Morgan fingerprint density at radius 3 is 1.74 bits per heavy atom. The lowest BCUT2D eigenvalue weighted by Gasteiger charge is -2.06. The van der Waals surface area contributed by atoms with Gasteiger partial charge >= 0.3 is 0 Å². The Balaban J connectivity index is 3.05. The van der Waals surface area contributed by atoms with Gasteiger partial charge < -0.3 is 11.1 Å². The molecule has 0 radical (unpaired) electrons. The van der Waals surface area contributed by atoms with Gasteiger partial charge in [-0.3, -0.25) is 0 Å². The Bertz CT molecular complexity index is 236. The average molecular weight is 325 g/mol. The summed E-state index contributed by atoms with van der Waals surface area (Å²) in [7, 11) is 0. The summed E-state index contributed by atoms with van der Waals surface area (Å²) in [5.41, 5.74) is 5.70. The van der Waals surface area contributed by atoms with Crippen molar-refractivity contribution in [1.82, 2.24) is 5.32 Å². The second-order valence-corrected chi connectivity index (χ2v) is 7.12. The van der Waals surface area contributed by atoms with Gasteiger partial charge in [0.25, 0.3) is 0 Å². The summed E-state index contributed by atoms with van der Waals surface area (Å²) in [5, 5.41) is 3.40. The van der Waals surface area contributed by atoms with Gasteiger partial charge in [-0.25, -0.2) is 0 Å². The molecule has 0 saturated carbocycles. The molecule has 0 fully saturated rings. The van der Waals surface area contributed by atoms with E-state index in [4.69, 9.17) is 5.73 Å². The number of nitrogens with two attached hydrogens (primary N) is 1. The number of hydrogen-bond donors (Lipinski definition) is 2. The molecule has 138 valence electrons. The van der Waals surface area contributed by atoms with Crippen molar-refractivity contribution in [1.29, 1.82) is 0 Å². The lowest BCUT2D eigenvalue weighted by atomic mass is 10.1. The molecule has 1 atom stereocenters. The van der Waals surface area contributed by atoms with Crippen molar-refractivity contribution in [2.45, 2.75) is 110 Å². The first-order valence-electron chi connectivity index (χ1n) is 10.4. The van der Waals surface area contributed by atoms with E-state index < -0.39 is 0 Å². The number of rotatable bonds is 18. The van der Waals surface area contributed by atoms with Crippen LogP contribution in [-0.2, 0) is 0 Å². The summed E-state index contributed by atoms with van der Waals surface area (Å²) in [4.78, 5) is 0. The number of unbranched alkanes of at least 4 members (excludes halogenated alkanes) is 12. The van der Waals surface area contributed by atoms with Crippen LogP contribution in [0.4, 0.5) is 0 Å². The van der Waals surface area contributed by atoms with Crippen LogP contribution < -0.4 is 11.1 Å². The van der Waals surface area contributed by atoms with Crippen molar-refractivity contribution in [2.24, 2.45) is 5.73 Å². The van der Waals surface area contributed by atoms with Gasteiger partial charge in [0, 0.05) is 12.6 Å². The van der Waals surface area contributed by atoms with Crippen LogP contribution in [0.1, 0.15) is 104 Å². The number of hydrogen-bond acceptors (Lipinski definition) is 2. The van der Waals surface area contributed by atoms with Crippen molar-refractivity contribution in [2.75, 3.05) is 13.1 Å². The van der Waals surface area contributed by atoms with Gasteiger partial charge in [0.05, 0.1) is 0 Å². The molecule has 1 unspecified atom stereocenters. The minimum Gasteiger partial charge on any atom is -0.327 e. The van der Waals surface area contributed by atoms with Crippen molar-refractivity contribution >= 4 is 0 Å². The molecule has 0 saturated heterocycles. The van der Waals surface area contributed by atoms with E-state index in [1.807, 2.05) is 0 Å². The molecule has 0 aliphatic heterocycles. The summed E-state index contributed by atoms with van der Waals surface area (Å²) in [5.74, 6) is 0. The maximum Gasteiger partial charge on any atom is 0.0136 e. The van der Waals surface area contributed by atoms with Crippen LogP contribution in [0.15, 0.2) is 12.2 Å². The van der Waals surface area contributed by atoms with Gasteiger partial charge in [-0.1, -0.05) is 76.9 Å².